The van der Waals surface area contributed by atoms with Crippen LogP contribution >= 0.6 is 75.3 Å². The molecule has 4 rings (SSSR count). The maximum Gasteiger partial charge on any atom is 0.348 e. The molecule has 55 heavy (non-hydrogen) atoms. The van der Waals surface area contributed by atoms with Crippen molar-refractivity contribution in [2.24, 2.45) is 0 Å². The van der Waals surface area contributed by atoms with Gasteiger partial charge >= 0.3 is 11.9 Å². The molecule has 0 aliphatic carbocycles. The Morgan fingerprint density at radius 2 is 1.04 bits per heavy atom. The van der Waals surface area contributed by atoms with Gasteiger partial charge in [0.25, 0.3) is 0 Å². The highest BCUT2D eigenvalue weighted by Gasteiger charge is 2.29. The molecule has 296 valence electrons. The van der Waals surface area contributed by atoms with Gasteiger partial charge in [0.05, 0.1) is 17.9 Å². The van der Waals surface area contributed by atoms with Crippen LogP contribution in [0.4, 0.5) is 20.2 Å². The van der Waals surface area contributed by atoms with Gasteiger partial charge in [-0.1, -0.05) is 31.5 Å². The number of ether oxygens (including phenoxy) is 3. The minimum absolute atomic E-state index is 0.203. The van der Waals surface area contributed by atoms with Crippen molar-refractivity contribution in [2.75, 3.05) is 10.6 Å². The molecule has 2 N–H and O–H groups in total. The molecule has 0 saturated heterocycles. The number of hydrogen-bond acceptors (Lipinski definition) is 7. The monoisotopic (exact) mass is 1030 g/mol. The third-order valence-electron chi connectivity index (χ3n) is 8.57. The average molecular weight is 1040 g/mol. The van der Waals surface area contributed by atoms with Crippen molar-refractivity contribution >= 4 is 98.6 Å². The van der Waals surface area contributed by atoms with E-state index in [4.69, 9.17) is 21.1 Å². The second-order valence-corrected chi connectivity index (χ2v) is 17.3. The van der Waals surface area contributed by atoms with Gasteiger partial charge in [-0.15, -0.1) is 0 Å². The Morgan fingerprint density at radius 3 is 1.45 bits per heavy atom. The molecule has 7 nitrogen and oxygen atoms in total. The fraction of sp³-hybridized carbons (Fsp3) is 0.366. The Kier molecular flexibility index (Phi) is 17.3. The number of nitrogens with one attached hydrogen (secondary N) is 2. The smallest absolute Gasteiger partial charge is 0.348 e. The van der Waals surface area contributed by atoms with Crippen molar-refractivity contribution in [3.63, 3.8) is 0 Å². The zero-order valence-electron chi connectivity index (χ0n) is 31.0. The number of esters is 2. The van der Waals surface area contributed by atoms with E-state index in [0.29, 0.717) is 51.6 Å². The fourth-order valence-corrected chi connectivity index (χ4v) is 8.75. The van der Waals surface area contributed by atoms with Crippen LogP contribution in [0.15, 0.2) is 78.6 Å². The van der Waals surface area contributed by atoms with Crippen LogP contribution in [-0.4, -0.2) is 36.4 Å². The molecule has 4 aromatic rings. The van der Waals surface area contributed by atoms with E-state index in [2.05, 4.69) is 113 Å². The lowest BCUT2D eigenvalue weighted by Gasteiger charge is -2.17. The zero-order chi connectivity index (χ0) is 40.4. The molecule has 14 heteroatoms. The first kappa shape index (κ1) is 45.0. The quantitative estimate of drug-likeness (QED) is 0.0758. The lowest BCUT2D eigenvalue weighted by Crippen LogP contribution is -2.29. The van der Waals surface area contributed by atoms with E-state index in [1.165, 1.54) is 0 Å². The van der Waals surface area contributed by atoms with E-state index >= 15 is 8.78 Å². The fourth-order valence-electron chi connectivity index (χ4n) is 5.47. The summed E-state index contributed by atoms with van der Waals surface area (Å²) in [6.45, 7) is 10.9. The van der Waals surface area contributed by atoms with E-state index in [0.717, 1.165) is 40.9 Å². The van der Waals surface area contributed by atoms with Crippen molar-refractivity contribution in [2.45, 2.75) is 97.9 Å². The van der Waals surface area contributed by atoms with Crippen molar-refractivity contribution in [3.8, 4) is 11.5 Å². The summed E-state index contributed by atoms with van der Waals surface area (Å²) in [6, 6.07) is 18.8. The highest BCUT2D eigenvalue weighted by Crippen LogP contribution is 2.38. The van der Waals surface area contributed by atoms with Crippen molar-refractivity contribution in [3.05, 3.63) is 111 Å². The van der Waals surface area contributed by atoms with Crippen LogP contribution in [-0.2, 0) is 40.4 Å². The molecule has 0 spiro atoms. The molecule has 0 radical (unpaired) electrons. The Morgan fingerprint density at radius 1 is 0.636 bits per heavy atom. The summed E-state index contributed by atoms with van der Waals surface area (Å²) in [5, 5.41) is 7.44. The largest absolute Gasteiger partial charge is 0.487 e. The van der Waals surface area contributed by atoms with Crippen LogP contribution in [0.5, 0.6) is 11.5 Å². The number of carbonyl (C=O) groups excluding carboxylic acids is 2. The number of hydrogen-bond donors (Lipinski definition) is 2. The van der Waals surface area contributed by atoms with Crippen LogP contribution in [0.25, 0.3) is 0 Å². The maximum absolute atomic E-state index is 15.1. The normalized spacial score (nSPS) is 13.4. The molecule has 4 atom stereocenters. The van der Waals surface area contributed by atoms with Crippen LogP contribution in [0.2, 0.25) is 5.02 Å². The molecule has 0 fully saturated rings. The molecule has 0 aliphatic rings. The van der Waals surface area contributed by atoms with Gasteiger partial charge < -0.3 is 24.8 Å². The van der Waals surface area contributed by atoms with Crippen molar-refractivity contribution in [1.29, 1.82) is 0 Å². The number of aryl methyl sites for hydroxylation is 1. The van der Waals surface area contributed by atoms with Gasteiger partial charge in [-0.3, -0.25) is 0 Å². The molecule has 0 saturated carbocycles. The molecule has 4 aromatic carbocycles. The number of rotatable bonds is 18. The average Bonchev–Trinajstić information content (AvgIpc) is 3.10. The first-order valence-corrected chi connectivity index (χ1v) is 21.3. The Hall–Kier alpha value is -2.71. The van der Waals surface area contributed by atoms with Crippen molar-refractivity contribution < 1.29 is 32.6 Å². The molecular weight excluding hydrogens is 994 g/mol. The van der Waals surface area contributed by atoms with Gasteiger partial charge in [0.15, 0.2) is 0 Å². The summed E-state index contributed by atoms with van der Waals surface area (Å²) >= 11 is 20.2. The summed E-state index contributed by atoms with van der Waals surface area (Å²) in [7, 11) is 0. The van der Waals surface area contributed by atoms with Gasteiger partial charge in [0.1, 0.15) is 24.7 Å². The topological polar surface area (TPSA) is 85.9 Å². The first-order chi connectivity index (χ1) is 26.0. The van der Waals surface area contributed by atoms with E-state index in [1.54, 1.807) is 30.3 Å². The number of carbonyl (C=O) groups is 2. The summed E-state index contributed by atoms with van der Waals surface area (Å²) in [6.07, 6.45) is -3.32. The van der Waals surface area contributed by atoms with E-state index in [1.807, 2.05) is 31.2 Å². The summed E-state index contributed by atoms with van der Waals surface area (Å²) < 4.78 is 48.9. The first-order valence-electron chi connectivity index (χ1n) is 17.7. The lowest BCUT2D eigenvalue weighted by molar-refractivity contribution is -0.166. The number of halogens is 7. The van der Waals surface area contributed by atoms with E-state index in [9.17, 15) is 9.59 Å². The predicted octanol–water partition coefficient (Wildman–Crippen LogP) is 12.8. The van der Waals surface area contributed by atoms with Gasteiger partial charge in [-0.2, -0.15) is 0 Å². The van der Waals surface area contributed by atoms with Crippen LogP contribution in [0, 0.1) is 6.92 Å². The van der Waals surface area contributed by atoms with Gasteiger partial charge in [-0.25, -0.2) is 18.4 Å². The molecular formula is C41H43Br4ClF2N2O5. The molecule has 0 bridgehead atoms. The minimum atomic E-state index is -2.22. The van der Waals surface area contributed by atoms with Crippen LogP contribution < -0.4 is 20.1 Å². The number of alkyl halides is 2. The highest BCUT2D eigenvalue weighted by molar-refractivity contribution is 9.11. The van der Waals surface area contributed by atoms with E-state index < -0.39 is 37.1 Å². The molecule has 0 heterocycles. The highest BCUT2D eigenvalue weighted by atomic mass is 79.9. The van der Waals surface area contributed by atoms with Gasteiger partial charge in [0, 0.05) is 41.3 Å². The van der Waals surface area contributed by atoms with Gasteiger partial charge in [0.2, 0.25) is 12.3 Å². The van der Waals surface area contributed by atoms with Crippen LogP contribution in [0.1, 0.15) is 68.4 Å². The summed E-state index contributed by atoms with van der Waals surface area (Å²) in [4.78, 5) is 25.0. The number of anilines is 2. The molecule has 0 aromatic heterocycles. The third-order valence-corrected chi connectivity index (χ3v) is 11.1. The van der Waals surface area contributed by atoms with Crippen LogP contribution in [0.3, 0.4) is 0 Å². The third kappa shape index (κ3) is 13.7. The van der Waals surface area contributed by atoms with Gasteiger partial charge in [-0.05, 0) is 180 Å². The zero-order valence-corrected chi connectivity index (χ0v) is 38.1. The second kappa shape index (κ2) is 21.2. The second-order valence-electron chi connectivity index (χ2n) is 13.4. The standard InChI is InChI=1S/C41H43Br4ClF2N2O5/c1-6-23(4)49-30-9-22(3)8-27(11-30)20-53-38-32(42)13-25(14-33(38)43)17-36(47)40(51)55-41(52)37(48)18-26-15-34(44)39(35(45)16-26)54-21-28-10-29(46)19-31(12-28)50-24(5)7-2/h8-16,19,23-24,36-37,49-50H,6-7,17-18,20-21H2,1-5H3. The summed E-state index contributed by atoms with van der Waals surface area (Å²) in [5.41, 5.74) is 5.62. The predicted molar refractivity (Wildman–Crippen MR) is 230 cm³/mol. The molecule has 4 unspecified atom stereocenters. The Balaban J connectivity index is 1.30. The Bertz CT molecular complexity index is 1800. The SMILES string of the molecule is CCC(C)Nc1cc(C)cc(COc2c(Br)cc(CC(F)C(=O)OC(=O)C(F)Cc3cc(Br)c(OCc4cc(Cl)cc(NC(C)CC)c4)c(Br)c3)cc2Br)c1. The molecule has 0 aliphatic heterocycles. The summed E-state index contributed by atoms with van der Waals surface area (Å²) in [5.74, 6) is -2.00. The molecule has 0 amide bonds. The maximum atomic E-state index is 15.1. The minimum Gasteiger partial charge on any atom is -0.487 e. The Labute approximate surface area is 360 Å². The number of benzene rings is 4. The van der Waals surface area contributed by atoms with Crippen molar-refractivity contribution in [1.82, 2.24) is 0 Å². The van der Waals surface area contributed by atoms with E-state index in [-0.39, 0.29) is 19.3 Å². The lowest BCUT2D eigenvalue weighted by atomic mass is 10.1.